The van der Waals surface area contributed by atoms with Gasteiger partial charge in [0.2, 0.25) is 0 Å². The molecule has 0 saturated carbocycles. The average Bonchev–Trinajstić information content (AvgIpc) is 2.21. The van der Waals surface area contributed by atoms with Crippen molar-refractivity contribution < 1.29 is 8.42 Å². The molecular weight excluding hydrogens is 308 g/mol. The Labute approximate surface area is 106 Å². The summed E-state index contributed by atoms with van der Waals surface area (Å²) in [5.41, 5.74) is -0.0224. The fourth-order valence-corrected chi connectivity index (χ4v) is 2.52. The van der Waals surface area contributed by atoms with Crippen LogP contribution in [-0.4, -0.2) is 24.2 Å². The van der Waals surface area contributed by atoms with Crippen molar-refractivity contribution in [1.82, 2.24) is 9.55 Å². The molecule has 0 fully saturated rings. The third-order valence-corrected chi connectivity index (χ3v) is 3.33. The topological polar surface area (TPSA) is 69.0 Å². The minimum absolute atomic E-state index is 0.359. The summed E-state index contributed by atoms with van der Waals surface area (Å²) in [7, 11) is -3.30. The Morgan fingerprint density at radius 1 is 1.29 bits per heavy atom. The van der Waals surface area contributed by atoms with E-state index in [1.807, 2.05) is 0 Å². The van der Waals surface area contributed by atoms with Gasteiger partial charge in [0.05, 0.1) is 0 Å². The summed E-state index contributed by atoms with van der Waals surface area (Å²) in [5, 5.41) is 0.719. The molecule has 17 heavy (non-hydrogen) atoms. The lowest BCUT2D eigenvalue weighted by Crippen LogP contribution is -2.24. The fourth-order valence-electron chi connectivity index (χ4n) is 1.50. The molecule has 0 atom stereocenters. The Balaban J connectivity index is 2.79. The van der Waals surface area contributed by atoms with E-state index in [2.05, 4.69) is 20.9 Å². The van der Waals surface area contributed by atoms with Crippen LogP contribution in [0.2, 0.25) is 0 Å². The average molecular weight is 317 g/mol. The van der Waals surface area contributed by atoms with Gasteiger partial charge in [-0.15, -0.1) is 0 Å². The molecule has 0 unspecified atom stereocenters. The number of nitrogens with zero attached hydrogens (tertiary/aromatic N) is 2. The maximum absolute atomic E-state index is 11.7. The van der Waals surface area contributed by atoms with E-state index in [0.29, 0.717) is 10.3 Å². The second kappa shape index (κ2) is 4.23. The second-order valence-corrected chi connectivity index (χ2v) is 6.62. The van der Waals surface area contributed by atoms with Gasteiger partial charge in [0.1, 0.15) is 16.1 Å². The van der Waals surface area contributed by atoms with Crippen molar-refractivity contribution in [2.45, 2.75) is 5.88 Å². The predicted octanol–water partition coefficient (Wildman–Crippen LogP) is 1.16. The zero-order chi connectivity index (χ0) is 12.6. The van der Waals surface area contributed by atoms with E-state index >= 15 is 0 Å². The molecule has 0 bridgehead atoms. The highest BCUT2D eigenvalue weighted by Crippen LogP contribution is 2.14. The fraction of sp³-hybridized carbons (Fsp3) is 0.200. The first-order valence-electron chi connectivity index (χ1n) is 4.71. The standard InChI is InChI=1S/C10H9BrN2O3S/c1-17(15,16)6-13-9(14)5-3-7-2-4-8(11)12-10(7)13/h2-5H,6H2,1H3. The molecule has 2 aromatic heterocycles. The van der Waals surface area contributed by atoms with E-state index in [-0.39, 0.29) is 11.4 Å². The number of fused-ring (bicyclic) bond motifs is 1. The van der Waals surface area contributed by atoms with Crippen LogP contribution in [-0.2, 0) is 15.7 Å². The molecule has 0 amide bonds. The third-order valence-electron chi connectivity index (χ3n) is 2.16. The van der Waals surface area contributed by atoms with Gasteiger partial charge < -0.3 is 0 Å². The zero-order valence-corrected chi connectivity index (χ0v) is 11.3. The van der Waals surface area contributed by atoms with Crippen molar-refractivity contribution in [1.29, 1.82) is 0 Å². The normalized spacial score (nSPS) is 11.9. The van der Waals surface area contributed by atoms with Crippen LogP contribution in [0.1, 0.15) is 0 Å². The number of rotatable bonds is 2. The van der Waals surface area contributed by atoms with E-state index in [1.54, 1.807) is 18.2 Å². The maximum atomic E-state index is 11.7. The number of aromatic nitrogens is 2. The first-order valence-corrected chi connectivity index (χ1v) is 7.56. The number of hydrogen-bond acceptors (Lipinski definition) is 4. The molecule has 0 aromatic carbocycles. The van der Waals surface area contributed by atoms with Crippen LogP contribution in [0.25, 0.3) is 11.0 Å². The summed E-state index contributed by atoms with van der Waals surface area (Å²) < 4.78 is 24.3. The molecule has 5 nitrogen and oxygen atoms in total. The van der Waals surface area contributed by atoms with Gasteiger partial charge in [-0.05, 0) is 34.1 Å². The predicted molar refractivity (Wildman–Crippen MR) is 68.5 cm³/mol. The summed E-state index contributed by atoms with van der Waals surface area (Å²) in [6.07, 6.45) is 1.08. The lowest BCUT2D eigenvalue weighted by Gasteiger charge is -2.07. The smallest absolute Gasteiger partial charge is 0.253 e. The molecule has 0 saturated heterocycles. The van der Waals surface area contributed by atoms with Crippen LogP contribution in [0.5, 0.6) is 0 Å². The third kappa shape index (κ3) is 2.73. The van der Waals surface area contributed by atoms with Gasteiger partial charge in [0, 0.05) is 17.7 Å². The molecular formula is C10H9BrN2O3S. The quantitative estimate of drug-likeness (QED) is 0.780. The van der Waals surface area contributed by atoms with Gasteiger partial charge in [-0.3, -0.25) is 9.36 Å². The van der Waals surface area contributed by atoms with E-state index in [0.717, 1.165) is 16.2 Å². The number of halogens is 1. The Kier molecular flexibility index (Phi) is 3.05. The Bertz CT molecular complexity index is 737. The van der Waals surface area contributed by atoms with Crippen molar-refractivity contribution in [3.63, 3.8) is 0 Å². The van der Waals surface area contributed by atoms with Crippen molar-refractivity contribution in [3.05, 3.63) is 39.2 Å². The van der Waals surface area contributed by atoms with Gasteiger partial charge >= 0.3 is 0 Å². The molecule has 0 radical (unpaired) electrons. The highest BCUT2D eigenvalue weighted by atomic mass is 79.9. The SMILES string of the molecule is CS(=O)(=O)Cn1c(=O)ccc2ccc(Br)nc21. The van der Waals surface area contributed by atoms with Crippen LogP contribution in [0.3, 0.4) is 0 Å². The van der Waals surface area contributed by atoms with Crippen LogP contribution in [0.15, 0.2) is 33.7 Å². The molecule has 90 valence electrons. The van der Waals surface area contributed by atoms with E-state index < -0.39 is 9.84 Å². The molecule has 7 heteroatoms. The first-order chi connectivity index (χ1) is 7.87. The molecule has 2 heterocycles. The summed E-state index contributed by atoms with van der Waals surface area (Å²) in [5.74, 6) is -0.368. The number of sulfone groups is 1. The molecule has 0 aliphatic rings. The van der Waals surface area contributed by atoms with Crippen LogP contribution >= 0.6 is 15.9 Å². The molecule has 2 rings (SSSR count). The van der Waals surface area contributed by atoms with Crippen LogP contribution < -0.4 is 5.56 Å². The largest absolute Gasteiger partial charge is 0.278 e. The summed E-state index contributed by atoms with van der Waals surface area (Å²) in [6.45, 7) is 0. The van der Waals surface area contributed by atoms with E-state index in [9.17, 15) is 13.2 Å². The molecule has 0 aliphatic carbocycles. The van der Waals surface area contributed by atoms with Gasteiger partial charge in [0.25, 0.3) is 5.56 Å². The molecule has 0 spiro atoms. The van der Waals surface area contributed by atoms with Crippen LogP contribution in [0.4, 0.5) is 0 Å². The van der Waals surface area contributed by atoms with Gasteiger partial charge in [-0.2, -0.15) is 0 Å². The van der Waals surface area contributed by atoms with Crippen molar-refractivity contribution in [2.24, 2.45) is 0 Å². The second-order valence-electron chi connectivity index (χ2n) is 3.70. The zero-order valence-electron chi connectivity index (χ0n) is 8.92. The van der Waals surface area contributed by atoms with Gasteiger partial charge in [0.15, 0.2) is 9.84 Å². The highest BCUT2D eigenvalue weighted by molar-refractivity contribution is 9.10. The van der Waals surface area contributed by atoms with Crippen LogP contribution in [0, 0.1) is 0 Å². The maximum Gasteiger partial charge on any atom is 0.253 e. The minimum Gasteiger partial charge on any atom is -0.278 e. The molecule has 2 aromatic rings. The number of pyridine rings is 2. The Morgan fingerprint density at radius 3 is 2.59 bits per heavy atom. The monoisotopic (exact) mass is 316 g/mol. The minimum atomic E-state index is -3.30. The summed E-state index contributed by atoms with van der Waals surface area (Å²) >= 11 is 3.19. The first kappa shape index (κ1) is 12.3. The van der Waals surface area contributed by atoms with Gasteiger partial charge in [-0.25, -0.2) is 13.4 Å². The van der Waals surface area contributed by atoms with Crippen molar-refractivity contribution >= 4 is 36.8 Å². The lowest BCUT2D eigenvalue weighted by molar-refractivity contribution is 0.589. The summed E-state index contributed by atoms with van der Waals surface area (Å²) in [6, 6.07) is 6.46. The number of hydrogen-bond donors (Lipinski definition) is 0. The van der Waals surface area contributed by atoms with Crippen molar-refractivity contribution in [3.8, 4) is 0 Å². The van der Waals surface area contributed by atoms with Crippen molar-refractivity contribution in [2.75, 3.05) is 6.26 Å². The Morgan fingerprint density at radius 2 is 1.94 bits per heavy atom. The molecule has 0 N–H and O–H groups in total. The van der Waals surface area contributed by atoms with E-state index in [4.69, 9.17) is 0 Å². The molecule has 0 aliphatic heterocycles. The highest BCUT2D eigenvalue weighted by Gasteiger charge is 2.10. The van der Waals surface area contributed by atoms with E-state index in [1.165, 1.54) is 6.07 Å². The lowest BCUT2D eigenvalue weighted by atomic mass is 10.3. The summed E-state index contributed by atoms with van der Waals surface area (Å²) in [4.78, 5) is 15.8. The Hall–Kier alpha value is -1.21. The van der Waals surface area contributed by atoms with Gasteiger partial charge in [-0.1, -0.05) is 0 Å².